The molecule has 2 heterocycles. The number of hydrogen-bond acceptors (Lipinski definition) is 4. The molecule has 0 spiro atoms. The molecule has 0 atom stereocenters. The van der Waals surface area contributed by atoms with Gasteiger partial charge in [-0.25, -0.2) is 0 Å². The molecule has 3 rings (SSSR count). The van der Waals surface area contributed by atoms with Crippen LogP contribution in [0.2, 0.25) is 0 Å². The van der Waals surface area contributed by atoms with Crippen LogP contribution in [0.4, 0.5) is 0 Å². The van der Waals surface area contributed by atoms with E-state index in [1.165, 1.54) is 0 Å². The van der Waals surface area contributed by atoms with E-state index in [1.807, 2.05) is 33.7 Å². The zero-order valence-corrected chi connectivity index (χ0v) is 13.8. The molecule has 22 heavy (non-hydrogen) atoms. The molecular weight excluding hydrogens is 316 g/mol. The van der Waals surface area contributed by atoms with Crippen LogP contribution in [-0.4, -0.2) is 11.8 Å². The van der Waals surface area contributed by atoms with Gasteiger partial charge in [-0.2, -0.15) is 22.7 Å². The maximum Gasteiger partial charge on any atom is 0.235 e. The monoisotopic (exact) mass is 334 g/mol. The fraction of sp³-hybridized carbons (Fsp3) is 0.375. The van der Waals surface area contributed by atoms with Gasteiger partial charge < -0.3 is 10.6 Å². The highest BCUT2D eigenvalue weighted by Crippen LogP contribution is 2.41. The highest BCUT2D eigenvalue weighted by molar-refractivity contribution is 7.08. The highest BCUT2D eigenvalue weighted by Gasteiger charge is 2.50. The van der Waals surface area contributed by atoms with Crippen LogP contribution in [0.3, 0.4) is 0 Å². The lowest BCUT2D eigenvalue weighted by Crippen LogP contribution is -2.55. The molecule has 0 radical (unpaired) electrons. The first-order valence-electron chi connectivity index (χ1n) is 7.29. The van der Waals surface area contributed by atoms with Crippen LogP contribution in [-0.2, 0) is 22.7 Å². The summed E-state index contributed by atoms with van der Waals surface area (Å²) in [6, 6.07) is 3.96. The topological polar surface area (TPSA) is 58.2 Å². The summed E-state index contributed by atoms with van der Waals surface area (Å²) in [4.78, 5) is 25.0. The van der Waals surface area contributed by atoms with Crippen molar-refractivity contribution in [2.75, 3.05) is 0 Å². The van der Waals surface area contributed by atoms with E-state index in [0.717, 1.165) is 17.5 Å². The molecule has 2 aromatic heterocycles. The van der Waals surface area contributed by atoms with Crippen molar-refractivity contribution in [2.24, 2.45) is 5.41 Å². The van der Waals surface area contributed by atoms with Crippen molar-refractivity contribution in [3.8, 4) is 0 Å². The number of hydrogen-bond donors (Lipinski definition) is 2. The van der Waals surface area contributed by atoms with Gasteiger partial charge in [-0.15, -0.1) is 0 Å². The third-order valence-corrected chi connectivity index (χ3v) is 5.61. The zero-order chi connectivity index (χ0) is 15.4. The molecule has 0 aliphatic heterocycles. The van der Waals surface area contributed by atoms with E-state index in [2.05, 4.69) is 10.6 Å². The lowest BCUT2D eigenvalue weighted by atomic mass is 9.67. The summed E-state index contributed by atoms with van der Waals surface area (Å²) in [5.74, 6) is -0.291. The van der Waals surface area contributed by atoms with E-state index in [-0.39, 0.29) is 11.8 Å². The van der Waals surface area contributed by atoms with Crippen molar-refractivity contribution >= 4 is 34.5 Å². The highest BCUT2D eigenvalue weighted by atomic mass is 32.1. The lowest BCUT2D eigenvalue weighted by Gasteiger charge is -2.38. The van der Waals surface area contributed by atoms with Gasteiger partial charge in [-0.1, -0.05) is 6.42 Å². The number of nitrogens with one attached hydrogen (secondary N) is 2. The van der Waals surface area contributed by atoms with Gasteiger partial charge >= 0.3 is 0 Å². The predicted octanol–water partition coefficient (Wildman–Crippen LogP) is 2.91. The van der Waals surface area contributed by atoms with Crippen LogP contribution in [0.15, 0.2) is 33.7 Å². The molecule has 116 valence electrons. The van der Waals surface area contributed by atoms with E-state index in [4.69, 9.17) is 0 Å². The van der Waals surface area contributed by atoms with Gasteiger partial charge in [0.25, 0.3) is 0 Å². The van der Waals surface area contributed by atoms with Crippen molar-refractivity contribution < 1.29 is 9.59 Å². The molecule has 4 nitrogen and oxygen atoms in total. The fourth-order valence-corrected chi connectivity index (χ4v) is 3.91. The second kappa shape index (κ2) is 6.62. The molecule has 1 aliphatic carbocycles. The first-order chi connectivity index (χ1) is 10.7. The van der Waals surface area contributed by atoms with Crippen LogP contribution in [0.1, 0.15) is 30.4 Å². The quantitative estimate of drug-likeness (QED) is 0.798. The minimum Gasteiger partial charge on any atom is -0.351 e. The van der Waals surface area contributed by atoms with Crippen LogP contribution >= 0.6 is 22.7 Å². The Bertz CT molecular complexity index is 579. The number of carbonyl (C=O) groups is 2. The maximum atomic E-state index is 12.5. The molecule has 2 amide bonds. The standard InChI is InChI=1S/C16H18N2O2S2/c19-14(17-8-12-2-6-21-10-12)16(4-1-5-16)15(20)18-9-13-3-7-22-11-13/h2-3,6-7,10-11H,1,4-5,8-9H2,(H,17,19)(H,18,20). The molecule has 0 saturated heterocycles. The molecule has 1 aliphatic rings. The summed E-state index contributed by atoms with van der Waals surface area (Å²) in [6.07, 6.45) is 2.20. The van der Waals surface area contributed by atoms with Crippen LogP contribution in [0.25, 0.3) is 0 Å². The Balaban J connectivity index is 1.58. The van der Waals surface area contributed by atoms with Gasteiger partial charge in [-0.05, 0) is 57.6 Å². The second-order valence-electron chi connectivity index (χ2n) is 5.56. The first-order valence-corrected chi connectivity index (χ1v) is 9.18. The summed E-state index contributed by atoms with van der Waals surface area (Å²) in [6.45, 7) is 0.976. The van der Waals surface area contributed by atoms with Crippen molar-refractivity contribution in [1.29, 1.82) is 0 Å². The number of carbonyl (C=O) groups excluding carboxylic acids is 2. The largest absolute Gasteiger partial charge is 0.351 e. The van der Waals surface area contributed by atoms with Crippen molar-refractivity contribution in [2.45, 2.75) is 32.4 Å². The number of rotatable bonds is 6. The van der Waals surface area contributed by atoms with Gasteiger partial charge in [-0.3, -0.25) is 9.59 Å². The van der Waals surface area contributed by atoms with Gasteiger partial charge in [0.1, 0.15) is 5.41 Å². The Morgan fingerprint density at radius 2 is 1.45 bits per heavy atom. The molecule has 2 aromatic rings. The number of amides is 2. The maximum absolute atomic E-state index is 12.5. The number of thiophene rings is 2. The van der Waals surface area contributed by atoms with Crippen molar-refractivity contribution in [3.63, 3.8) is 0 Å². The van der Waals surface area contributed by atoms with Gasteiger partial charge in [0.15, 0.2) is 0 Å². The Kier molecular flexibility index (Phi) is 4.59. The minimum absolute atomic E-state index is 0.146. The summed E-state index contributed by atoms with van der Waals surface area (Å²) in [7, 11) is 0. The fourth-order valence-electron chi connectivity index (χ4n) is 2.58. The van der Waals surface area contributed by atoms with Crippen LogP contribution in [0, 0.1) is 5.41 Å². The molecular formula is C16H18N2O2S2. The van der Waals surface area contributed by atoms with Gasteiger partial charge in [0.05, 0.1) is 0 Å². The summed E-state index contributed by atoms with van der Waals surface area (Å²) in [5, 5.41) is 13.8. The first kappa shape index (κ1) is 15.2. The molecule has 1 saturated carbocycles. The second-order valence-corrected chi connectivity index (χ2v) is 7.12. The average molecular weight is 334 g/mol. The SMILES string of the molecule is O=C(NCc1ccsc1)C1(C(=O)NCc2ccsc2)CCC1. The summed E-state index contributed by atoms with van der Waals surface area (Å²) < 4.78 is 0. The minimum atomic E-state index is -0.869. The third kappa shape index (κ3) is 3.08. The predicted molar refractivity (Wildman–Crippen MR) is 88.6 cm³/mol. The van der Waals surface area contributed by atoms with Gasteiger partial charge in [0.2, 0.25) is 11.8 Å². The lowest BCUT2D eigenvalue weighted by molar-refractivity contribution is -0.149. The molecule has 0 bridgehead atoms. The zero-order valence-electron chi connectivity index (χ0n) is 12.1. The smallest absolute Gasteiger partial charge is 0.235 e. The molecule has 2 N–H and O–H groups in total. The van der Waals surface area contributed by atoms with E-state index in [0.29, 0.717) is 25.9 Å². The van der Waals surface area contributed by atoms with Crippen LogP contribution in [0.5, 0.6) is 0 Å². The Morgan fingerprint density at radius 1 is 0.955 bits per heavy atom. The molecule has 1 fully saturated rings. The van der Waals surface area contributed by atoms with E-state index in [1.54, 1.807) is 22.7 Å². The van der Waals surface area contributed by atoms with Crippen molar-refractivity contribution in [3.05, 3.63) is 44.8 Å². The van der Waals surface area contributed by atoms with Gasteiger partial charge in [0, 0.05) is 13.1 Å². The summed E-state index contributed by atoms with van der Waals surface area (Å²) >= 11 is 3.20. The molecule has 0 aromatic carbocycles. The van der Waals surface area contributed by atoms with E-state index >= 15 is 0 Å². The Hall–Kier alpha value is -1.66. The Morgan fingerprint density at radius 3 is 1.77 bits per heavy atom. The molecule has 6 heteroatoms. The van der Waals surface area contributed by atoms with E-state index in [9.17, 15) is 9.59 Å². The normalized spacial score (nSPS) is 15.8. The summed E-state index contributed by atoms with van der Waals surface area (Å²) in [5.41, 5.74) is 1.28. The van der Waals surface area contributed by atoms with Crippen molar-refractivity contribution in [1.82, 2.24) is 10.6 Å². The Labute approximate surface area is 137 Å². The third-order valence-electron chi connectivity index (χ3n) is 4.14. The molecule has 0 unspecified atom stereocenters. The van der Waals surface area contributed by atoms with Crippen LogP contribution < -0.4 is 10.6 Å². The van der Waals surface area contributed by atoms with E-state index < -0.39 is 5.41 Å². The average Bonchev–Trinajstić information content (AvgIpc) is 3.15.